The van der Waals surface area contributed by atoms with Crippen molar-refractivity contribution in [1.82, 2.24) is 0 Å². The molecule has 1 aromatic carbocycles. The van der Waals surface area contributed by atoms with Crippen LogP contribution in [0.4, 0.5) is 0 Å². The van der Waals surface area contributed by atoms with Crippen molar-refractivity contribution in [3.05, 3.63) is 33.8 Å². The molecule has 84 valence electrons. The molecule has 0 aromatic heterocycles. The molecular formula is C10H13BrO4. The van der Waals surface area contributed by atoms with Gasteiger partial charge in [-0.3, -0.25) is 0 Å². The van der Waals surface area contributed by atoms with Gasteiger partial charge in [0.05, 0.1) is 0 Å². The van der Waals surface area contributed by atoms with Crippen molar-refractivity contribution in [2.45, 2.75) is 12.6 Å². The van der Waals surface area contributed by atoms with Crippen LogP contribution < -0.4 is 0 Å². The summed E-state index contributed by atoms with van der Waals surface area (Å²) in [4.78, 5) is 0. The molecule has 0 heterocycles. The molecule has 0 aliphatic heterocycles. The normalized spacial score (nSPS) is 15.0. The number of hydrogen-bond donors (Lipinski definition) is 2. The van der Waals surface area contributed by atoms with Crippen molar-refractivity contribution in [2.75, 3.05) is 14.2 Å². The summed E-state index contributed by atoms with van der Waals surface area (Å²) in [5.41, 5.74) is 1.21. The van der Waals surface area contributed by atoms with Crippen LogP contribution in [0.1, 0.15) is 23.7 Å². The number of rotatable bonds is 4. The predicted molar refractivity (Wildman–Crippen MR) is 58.1 cm³/mol. The fourth-order valence-corrected chi connectivity index (χ4v) is 1.75. The van der Waals surface area contributed by atoms with Crippen LogP contribution in [0.5, 0.6) is 0 Å². The SMILES string of the molecule is COC(O)c1ccc(C(O)OC)c(Br)c1. The minimum atomic E-state index is -0.979. The third-order valence-electron chi connectivity index (χ3n) is 2.02. The van der Waals surface area contributed by atoms with E-state index < -0.39 is 12.6 Å². The first-order chi connectivity index (χ1) is 7.10. The van der Waals surface area contributed by atoms with E-state index in [1.54, 1.807) is 18.2 Å². The highest BCUT2D eigenvalue weighted by Crippen LogP contribution is 2.27. The zero-order valence-corrected chi connectivity index (χ0v) is 10.1. The highest BCUT2D eigenvalue weighted by molar-refractivity contribution is 9.10. The molecule has 2 N–H and O–H groups in total. The van der Waals surface area contributed by atoms with Gasteiger partial charge in [0.15, 0.2) is 12.6 Å². The Balaban J connectivity index is 2.97. The smallest absolute Gasteiger partial charge is 0.181 e. The van der Waals surface area contributed by atoms with Gasteiger partial charge in [-0.15, -0.1) is 0 Å². The van der Waals surface area contributed by atoms with E-state index in [0.717, 1.165) is 0 Å². The molecule has 2 atom stereocenters. The molecule has 0 saturated carbocycles. The van der Waals surface area contributed by atoms with Gasteiger partial charge in [0.1, 0.15) is 0 Å². The van der Waals surface area contributed by atoms with Gasteiger partial charge in [-0.25, -0.2) is 0 Å². The standard InChI is InChI=1S/C10H13BrO4/c1-14-9(12)6-3-4-7(8(11)5-6)10(13)15-2/h3-5,9-10,12-13H,1-2H3. The average molecular weight is 277 g/mol. The maximum atomic E-state index is 9.45. The summed E-state index contributed by atoms with van der Waals surface area (Å²) >= 11 is 3.28. The fraction of sp³-hybridized carbons (Fsp3) is 0.400. The Hall–Kier alpha value is -0.460. The Morgan fingerprint density at radius 3 is 2.20 bits per heavy atom. The molecule has 1 rings (SSSR count). The number of aliphatic hydroxyl groups excluding tert-OH is 2. The van der Waals surface area contributed by atoms with Gasteiger partial charge in [-0.05, 0) is 6.07 Å². The van der Waals surface area contributed by atoms with Crippen LogP contribution in [-0.2, 0) is 9.47 Å². The summed E-state index contributed by atoms with van der Waals surface area (Å²) < 4.78 is 10.2. The molecule has 4 nitrogen and oxygen atoms in total. The molecule has 2 unspecified atom stereocenters. The number of benzene rings is 1. The van der Waals surface area contributed by atoms with Crippen molar-refractivity contribution in [3.8, 4) is 0 Å². The minimum absolute atomic E-state index is 0.601. The van der Waals surface area contributed by atoms with E-state index in [4.69, 9.17) is 9.47 Å². The third-order valence-corrected chi connectivity index (χ3v) is 2.71. The van der Waals surface area contributed by atoms with E-state index in [1.807, 2.05) is 0 Å². The molecule has 0 amide bonds. The second-order valence-electron chi connectivity index (χ2n) is 2.96. The molecule has 0 saturated heterocycles. The lowest BCUT2D eigenvalue weighted by atomic mass is 10.1. The Morgan fingerprint density at radius 2 is 1.73 bits per heavy atom. The first-order valence-corrected chi connectivity index (χ1v) is 5.10. The molecule has 0 spiro atoms. The molecule has 0 aliphatic carbocycles. The van der Waals surface area contributed by atoms with Crippen LogP contribution in [0.15, 0.2) is 22.7 Å². The van der Waals surface area contributed by atoms with Gasteiger partial charge in [0.25, 0.3) is 0 Å². The maximum Gasteiger partial charge on any atom is 0.181 e. The van der Waals surface area contributed by atoms with E-state index in [-0.39, 0.29) is 0 Å². The van der Waals surface area contributed by atoms with Crippen LogP contribution in [0.25, 0.3) is 0 Å². The number of methoxy groups -OCH3 is 2. The third kappa shape index (κ3) is 2.99. The van der Waals surface area contributed by atoms with Gasteiger partial charge in [0, 0.05) is 29.8 Å². The van der Waals surface area contributed by atoms with Gasteiger partial charge in [-0.1, -0.05) is 28.1 Å². The summed E-state index contributed by atoms with van der Waals surface area (Å²) in [6, 6.07) is 5.00. The Kier molecular flexibility index (Phi) is 4.69. The van der Waals surface area contributed by atoms with Crippen LogP contribution >= 0.6 is 15.9 Å². The lowest BCUT2D eigenvalue weighted by Gasteiger charge is -2.14. The van der Waals surface area contributed by atoms with Crippen LogP contribution in [0, 0.1) is 0 Å². The Labute approximate surface area is 96.6 Å². The number of ether oxygens (including phenoxy) is 2. The van der Waals surface area contributed by atoms with Crippen molar-refractivity contribution in [2.24, 2.45) is 0 Å². The van der Waals surface area contributed by atoms with Crippen molar-refractivity contribution in [1.29, 1.82) is 0 Å². The molecule has 0 radical (unpaired) electrons. The second kappa shape index (κ2) is 5.58. The zero-order valence-electron chi connectivity index (χ0n) is 8.48. The Bertz CT molecular complexity index is 329. The monoisotopic (exact) mass is 276 g/mol. The number of halogens is 1. The summed E-state index contributed by atoms with van der Waals surface area (Å²) in [5.74, 6) is 0. The first-order valence-electron chi connectivity index (χ1n) is 4.31. The summed E-state index contributed by atoms with van der Waals surface area (Å²) in [6.45, 7) is 0. The highest BCUT2D eigenvalue weighted by atomic mass is 79.9. The highest BCUT2D eigenvalue weighted by Gasteiger charge is 2.13. The van der Waals surface area contributed by atoms with E-state index in [9.17, 15) is 10.2 Å². The first kappa shape index (κ1) is 12.6. The largest absolute Gasteiger partial charge is 0.364 e. The lowest BCUT2D eigenvalue weighted by molar-refractivity contribution is -0.0800. The zero-order chi connectivity index (χ0) is 11.4. The van der Waals surface area contributed by atoms with Crippen LogP contribution in [0.3, 0.4) is 0 Å². The summed E-state index contributed by atoms with van der Waals surface area (Å²) in [5, 5.41) is 18.9. The van der Waals surface area contributed by atoms with Gasteiger partial charge >= 0.3 is 0 Å². The second-order valence-corrected chi connectivity index (χ2v) is 3.81. The lowest BCUT2D eigenvalue weighted by Crippen LogP contribution is -2.03. The van der Waals surface area contributed by atoms with E-state index in [2.05, 4.69) is 15.9 Å². The van der Waals surface area contributed by atoms with Crippen LogP contribution in [-0.4, -0.2) is 24.4 Å². The molecule has 0 aliphatic rings. The quantitative estimate of drug-likeness (QED) is 0.823. The Morgan fingerprint density at radius 1 is 1.13 bits per heavy atom. The average Bonchev–Trinajstić information content (AvgIpc) is 2.26. The molecular weight excluding hydrogens is 264 g/mol. The fourth-order valence-electron chi connectivity index (χ4n) is 1.16. The topological polar surface area (TPSA) is 58.9 Å². The molecule has 1 aromatic rings. The summed E-state index contributed by atoms with van der Waals surface area (Å²) in [7, 11) is 2.82. The van der Waals surface area contributed by atoms with E-state index in [0.29, 0.717) is 15.6 Å². The molecule has 15 heavy (non-hydrogen) atoms. The molecule has 0 bridgehead atoms. The minimum Gasteiger partial charge on any atom is -0.364 e. The van der Waals surface area contributed by atoms with Crippen molar-refractivity contribution < 1.29 is 19.7 Å². The van der Waals surface area contributed by atoms with Gasteiger partial charge < -0.3 is 19.7 Å². The molecule has 0 fully saturated rings. The number of hydrogen-bond acceptors (Lipinski definition) is 4. The predicted octanol–water partition coefficient (Wildman–Crippen LogP) is 1.72. The van der Waals surface area contributed by atoms with Gasteiger partial charge in [0.2, 0.25) is 0 Å². The van der Waals surface area contributed by atoms with Crippen molar-refractivity contribution in [3.63, 3.8) is 0 Å². The maximum absolute atomic E-state index is 9.45. The van der Waals surface area contributed by atoms with E-state index >= 15 is 0 Å². The molecule has 5 heteroatoms. The van der Waals surface area contributed by atoms with E-state index in [1.165, 1.54) is 14.2 Å². The number of aliphatic hydroxyl groups is 2. The van der Waals surface area contributed by atoms with Crippen LogP contribution in [0.2, 0.25) is 0 Å². The summed E-state index contributed by atoms with van der Waals surface area (Å²) in [6.07, 6.45) is -1.94. The van der Waals surface area contributed by atoms with Crippen molar-refractivity contribution >= 4 is 15.9 Å². The van der Waals surface area contributed by atoms with Gasteiger partial charge in [-0.2, -0.15) is 0 Å².